The van der Waals surface area contributed by atoms with E-state index in [1.165, 1.54) is 103 Å². The Bertz CT molecular complexity index is 1240. The molecule has 354 valence electrons. The number of carbonyl (C=O) groups excluding carboxylic acids is 2. The predicted octanol–water partition coefficient (Wildman–Crippen LogP) is 12.4. The standard InChI is InChI=1S/C50H90NO9P/c1-6-8-10-12-14-16-18-20-21-22-23-24-25-27-29-31-33-35-37-41-50(54)60-48(46-59-61(55,56)58-44-43-51(3,4)5)45-57-49(53)42-38-40-47(52)39-36-34-32-30-28-26-19-17-15-13-11-9-7-2/h15,17,20-21,26,28,32,34,36,39,47-48,52H,6-14,16,18-19,22-25,27,29-31,33,35,37-38,40-46H2,1-5H3/b17-15-,21-20-,28-26-,34-32-,39-36+/t47-,48-/m1/s1. The molecule has 0 radical (unpaired) electrons. The summed E-state index contributed by atoms with van der Waals surface area (Å²) in [6.07, 6.45) is 47.1. The lowest BCUT2D eigenvalue weighted by molar-refractivity contribution is -0.870. The van der Waals surface area contributed by atoms with E-state index >= 15 is 0 Å². The molecule has 0 saturated carbocycles. The van der Waals surface area contributed by atoms with E-state index in [1.807, 2.05) is 33.3 Å². The van der Waals surface area contributed by atoms with Crippen molar-refractivity contribution >= 4 is 19.8 Å². The Balaban J connectivity index is 4.48. The number of quaternary nitrogens is 1. The zero-order chi connectivity index (χ0) is 45.1. The van der Waals surface area contributed by atoms with Crippen LogP contribution in [0.2, 0.25) is 0 Å². The highest BCUT2D eigenvalue weighted by molar-refractivity contribution is 7.45. The lowest BCUT2D eigenvalue weighted by Crippen LogP contribution is -2.37. The number of hydrogen-bond donors (Lipinski definition) is 1. The molecule has 0 aliphatic rings. The van der Waals surface area contributed by atoms with Gasteiger partial charge in [-0.05, 0) is 70.6 Å². The molecule has 0 aliphatic heterocycles. The number of phosphoric acid groups is 1. The molecule has 3 atom stereocenters. The summed E-state index contributed by atoms with van der Waals surface area (Å²) in [5, 5.41) is 10.3. The summed E-state index contributed by atoms with van der Waals surface area (Å²) in [5.41, 5.74) is 0. The maximum Gasteiger partial charge on any atom is 0.306 e. The van der Waals surface area contributed by atoms with E-state index in [-0.39, 0.29) is 26.1 Å². The van der Waals surface area contributed by atoms with E-state index < -0.39 is 38.6 Å². The summed E-state index contributed by atoms with van der Waals surface area (Å²) in [6, 6.07) is 0. The molecule has 0 amide bonds. The second-order valence-corrected chi connectivity index (χ2v) is 18.7. The smallest absolute Gasteiger partial charge is 0.306 e. The van der Waals surface area contributed by atoms with Crippen LogP contribution in [0, 0.1) is 0 Å². The van der Waals surface area contributed by atoms with Gasteiger partial charge in [0.1, 0.15) is 19.8 Å². The van der Waals surface area contributed by atoms with Crippen LogP contribution in [0.1, 0.15) is 187 Å². The second-order valence-electron chi connectivity index (χ2n) is 17.3. The maximum atomic E-state index is 12.7. The van der Waals surface area contributed by atoms with Crippen LogP contribution < -0.4 is 4.89 Å². The number of likely N-dealkylation sites (N-methyl/N-ethyl adjacent to an activating group) is 1. The van der Waals surface area contributed by atoms with Gasteiger partial charge in [0.15, 0.2) is 6.10 Å². The maximum absolute atomic E-state index is 12.7. The van der Waals surface area contributed by atoms with Crippen LogP contribution in [0.25, 0.3) is 0 Å². The third-order valence-electron chi connectivity index (χ3n) is 10.1. The minimum atomic E-state index is -4.68. The number of esters is 2. The molecule has 0 saturated heterocycles. The van der Waals surface area contributed by atoms with Gasteiger partial charge in [0.25, 0.3) is 7.82 Å². The highest BCUT2D eigenvalue weighted by Gasteiger charge is 2.22. The summed E-state index contributed by atoms with van der Waals surface area (Å²) in [5.74, 6) is -1.04. The van der Waals surface area contributed by atoms with Gasteiger partial charge in [-0.1, -0.05) is 164 Å². The molecular weight excluding hydrogens is 790 g/mol. The summed E-state index contributed by atoms with van der Waals surface area (Å²) in [7, 11) is 1.06. The molecule has 0 heterocycles. The fourth-order valence-corrected chi connectivity index (χ4v) is 7.01. The number of aliphatic hydroxyl groups excluding tert-OH is 1. The van der Waals surface area contributed by atoms with Crippen molar-refractivity contribution in [2.24, 2.45) is 0 Å². The van der Waals surface area contributed by atoms with E-state index in [9.17, 15) is 24.2 Å². The third-order valence-corrected chi connectivity index (χ3v) is 11.1. The predicted molar refractivity (Wildman–Crippen MR) is 251 cm³/mol. The van der Waals surface area contributed by atoms with Gasteiger partial charge in [0.2, 0.25) is 0 Å². The van der Waals surface area contributed by atoms with E-state index in [2.05, 4.69) is 50.3 Å². The molecule has 1 unspecified atom stereocenters. The van der Waals surface area contributed by atoms with Crippen molar-refractivity contribution in [3.63, 3.8) is 0 Å². The third kappa shape index (κ3) is 45.5. The Hall–Kier alpha value is -2.33. The first kappa shape index (κ1) is 58.7. The second kappa shape index (κ2) is 41.7. The molecule has 0 rings (SSSR count). The molecule has 0 aliphatic carbocycles. The summed E-state index contributed by atoms with van der Waals surface area (Å²) < 4.78 is 33.8. The van der Waals surface area contributed by atoms with E-state index in [1.54, 1.807) is 12.2 Å². The van der Waals surface area contributed by atoms with Gasteiger partial charge in [-0.25, -0.2) is 0 Å². The number of hydrogen-bond acceptors (Lipinski definition) is 9. The van der Waals surface area contributed by atoms with Gasteiger partial charge < -0.3 is 33.0 Å². The minimum Gasteiger partial charge on any atom is -0.756 e. The van der Waals surface area contributed by atoms with Crippen LogP contribution in [0.3, 0.4) is 0 Å². The van der Waals surface area contributed by atoms with Crippen LogP contribution in [0.5, 0.6) is 0 Å². The Morgan fingerprint density at radius 2 is 1.10 bits per heavy atom. The number of ether oxygens (including phenoxy) is 2. The Morgan fingerprint density at radius 1 is 0.607 bits per heavy atom. The minimum absolute atomic E-state index is 0.0466. The van der Waals surface area contributed by atoms with Crippen molar-refractivity contribution in [2.75, 3.05) is 47.5 Å². The van der Waals surface area contributed by atoms with Gasteiger partial charge in [-0.2, -0.15) is 0 Å². The van der Waals surface area contributed by atoms with Crippen LogP contribution in [-0.4, -0.2) is 81.2 Å². The first-order valence-corrected chi connectivity index (χ1v) is 25.6. The normalized spacial score (nSPS) is 14.5. The number of carbonyl (C=O) groups is 2. The van der Waals surface area contributed by atoms with Gasteiger partial charge in [0.05, 0.1) is 33.9 Å². The zero-order valence-corrected chi connectivity index (χ0v) is 40.4. The highest BCUT2D eigenvalue weighted by atomic mass is 31.2. The molecule has 61 heavy (non-hydrogen) atoms. The Kier molecular flexibility index (Phi) is 40.1. The van der Waals surface area contributed by atoms with Crippen molar-refractivity contribution in [3.8, 4) is 0 Å². The molecule has 0 aromatic rings. The molecular formula is C50H90NO9P. The Labute approximate surface area is 373 Å². The zero-order valence-electron chi connectivity index (χ0n) is 39.5. The molecule has 1 N–H and O–H groups in total. The molecule has 11 heteroatoms. The Morgan fingerprint density at radius 3 is 1.70 bits per heavy atom. The number of rotatable bonds is 43. The van der Waals surface area contributed by atoms with Crippen LogP contribution in [-0.2, 0) is 32.7 Å². The molecule has 0 aromatic heterocycles. The number of phosphoric ester groups is 1. The van der Waals surface area contributed by atoms with Crippen LogP contribution >= 0.6 is 7.82 Å². The van der Waals surface area contributed by atoms with E-state index in [4.69, 9.17) is 18.5 Å². The average molecular weight is 880 g/mol. The van der Waals surface area contributed by atoms with Crippen molar-refractivity contribution in [1.29, 1.82) is 0 Å². The van der Waals surface area contributed by atoms with Crippen molar-refractivity contribution in [2.45, 2.75) is 199 Å². The van der Waals surface area contributed by atoms with Crippen LogP contribution in [0.15, 0.2) is 60.8 Å². The van der Waals surface area contributed by atoms with Gasteiger partial charge in [-0.3, -0.25) is 14.2 Å². The van der Waals surface area contributed by atoms with E-state index in [0.29, 0.717) is 30.3 Å². The first-order valence-electron chi connectivity index (χ1n) is 24.1. The summed E-state index contributed by atoms with van der Waals surface area (Å²) in [6.45, 7) is 3.97. The van der Waals surface area contributed by atoms with Crippen molar-refractivity contribution in [1.82, 2.24) is 0 Å². The summed E-state index contributed by atoms with van der Waals surface area (Å²) >= 11 is 0. The van der Waals surface area contributed by atoms with Crippen molar-refractivity contribution < 1.29 is 47.2 Å². The number of nitrogens with zero attached hydrogens (tertiary/aromatic N) is 1. The quantitative estimate of drug-likeness (QED) is 0.0159. The molecule has 0 aromatic carbocycles. The molecule has 0 fully saturated rings. The van der Waals surface area contributed by atoms with Gasteiger partial charge >= 0.3 is 11.9 Å². The summed E-state index contributed by atoms with van der Waals surface area (Å²) in [4.78, 5) is 37.7. The fraction of sp³-hybridized carbons (Fsp3) is 0.760. The number of unbranched alkanes of at least 4 members (excludes halogenated alkanes) is 18. The molecule has 10 nitrogen and oxygen atoms in total. The molecule has 0 bridgehead atoms. The van der Waals surface area contributed by atoms with Crippen LogP contribution in [0.4, 0.5) is 0 Å². The van der Waals surface area contributed by atoms with Crippen molar-refractivity contribution in [3.05, 3.63) is 60.8 Å². The highest BCUT2D eigenvalue weighted by Crippen LogP contribution is 2.38. The fourth-order valence-electron chi connectivity index (χ4n) is 6.28. The van der Waals surface area contributed by atoms with E-state index in [0.717, 1.165) is 38.5 Å². The largest absolute Gasteiger partial charge is 0.756 e. The topological polar surface area (TPSA) is 131 Å². The van der Waals surface area contributed by atoms with Gasteiger partial charge in [0, 0.05) is 12.8 Å². The monoisotopic (exact) mass is 880 g/mol. The lowest BCUT2D eigenvalue weighted by atomic mass is 10.1. The number of aliphatic hydroxyl groups is 1. The average Bonchev–Trinajstić information content (AvgIpc) is 3.21. The SMILES string of the molecule is CCCCC/C=C\C/C=C\C/C=C\C=C\[C@@H](O)CCCC(=O)OC[C@H](COP(=O)([O-])OCC[N+](C)(C)C)OC(=O)CCCCCCCCCCC/C=C\CCCCCCCC. The number of allylic oxidation sites excluding steroid dienone is 9. The molecule has 0 spiro atoms. The lowest BCUT2D eigenvalue weighted by Gasteiger charge is -2.28. The first-order chi connectivity index (χ1) is 29.4. The van der Waals surface area contributed by atoms with Gasteiger partial charge in [-0.15, -0.1) is 0 Å².